The zero-order valence-electron chi connectivity index (χ0n) is 15.0. The number of aromatic nitrogens is 1. The molecule has 0 bridgehead atoms. The van der Waals surface area contributed by atoms with Crippen LogP contribution >= 0.6 is 0 Å². The number of furan rings is 1. The minimum Gasteiger partial charge on any atom is -0.467 e. The first-order valence-corrected chi connectivity index (χ1v) is 8.66. The summed E-state index contributed by atoms with van der Waals surface area (Å²) in [6.45, 7) is 3.79. The summed E-state index contributed by atoms with van der Waals surface area (Å²) in [4.78, 5) is 8.80. The third-order valence-electron chi connectivity index (χ3n) is 3.61. The highest BCUT2D eigenvalue weighted by Crippen LogP contribution is 2.19. The second-order valence-corrected chi connectivity index (χ2v) is 5.69. The van der Waals surface area contributed by atoms with Crippen LogP contribution in [-0.4, -0.2) is 17.5 Å². The fourth-order valence-corrected chi connectivity index (χ4v) is 2.28. The SMILES string of the molecule is CCNC(=NCc1ccc(Oc2ccc(F)cc2)nc1)NCc1ccco1. The maximum atomic E-state index is 12.9. The summed E-state index contributed by atoms with van der Waals surface area (Å²) in [6.07, 6.45) is 3.35. The molecule has 0 unspecified atom stereocenters. The minimum atomic E-state index is -0.305. The molecule has 0 aliphatic carbocycles. The van der Waals surface area contributed by atoms with Crippen molar-refractivity contribution < 1.29 is 13.5 Å². The van der Waals surface area contributed by atoms with Crippen LogP contribution in [-0.2, 0) is 13.1 Å². The smallest absolute Gasteiger partial charge is 0.219 e. The number of hydrogen-bond acceptors (Lipinski definition) is 4. The number of benzene rings is 1. The first-order chi connectivity index (χ1) is 13.2. The van der Waals surface area contributed by atoms with Crippen LogP contribution in [0.15, 0.2) is 70.4 Å². The van der Waals surface area contributed by atoms with Gasteiger partial charge in [-0.25, -0.2) is 14.4 Å². The third-order valence-corrected chi connectivity index (χ3v) is 3.61. The Balaban J connectivity index is 1.56. The summed E-state index contributed by atoms with van der Waals surface area (Å²) in [6, 6.07) is 13.2. The summed E-state index contributed by atoms with van der Waals surface area (Å²) in [5.41, 5.74) is 0.941. The Hall–Kier alpha value is -3.35. The second-order valence-electron chi connectivity index (χ2n) is 5.69. The van der Waals surface area contributed by atoms with E-state index in [9.17, 15) is 4.39 Å². The Labute approximate surface area is 157 Å². The first kappa shape index (κ1) is 18.4. The summed E-state index contributed by atoms with van der Waals surface area (Å²) >= 11 is 0. The van der Waals surface area contributed by atoms with E-state index in [0.29, 0.717) is 30.7 Å². The largest absolute Gasteiger partial charge is 0.467 e. The molecule has 0 spiro atoms. The lowest BCUT2D eigenvalue weighted by Gasteiger charge is -2.10. The van der Waals surface area contributed by atoms with Gasteiger partial charge in [0.25, 0.3) is 0 Å². The monoisotopic (exact) mass is 368 g/mol. The lowest BCUT2D eigenvalue weighted by atomic mass is 10.3. The van der Waals surface area contributed by atoms with Crippen molar-refractivity contribution >= 4 is 5.96 Å². The number of rotatable bonds is 7. The van der Waals surface area contributed by atoms with Gasteiger partial charge >= 0.3 is 0 Å². The molecule has 6 nitrogen and oxygen atoms in total. The molecule has 27 heavy (non-hydrogen) atoms. The Morgan fingerprint density at radius 1 is 1.15 bits per heavy atom. The average Bonchev–Trinajstić information content (AvgIpc) is 3.21. The maximum absolute atomic E-state index is 12.9. The van der Waals surface area contributed by atoms with Crippen molar-refractivity contribution in [1.82, 2.24) is 15.6 Å². The van der Waals surface area contributed by atoms with Gasteiger partial charge in [-0.3, -0.25) is 0 Å². The van der Waals surface area contributed by atoms with Crippen molar-refractivity contribution in [2.45, 2.75) is 20.0 Å². The topological polar surface area (TPSA) is 71.7 Å². The van der Waals surface area contributed by atoms with Crippen molar-refractivity contribution in [3.05, 3.63) is 78.1 Å². The fourth-order valence-electron chi connectivity index (χ4n) is 2.28. The van der Waals surface area contributed by atoms with E-state index < -0.39 is 0 Å². The molecule has 2 heterocycles. The number of hydrogen-bond donors (Lipinski definition) is 2. The lowest BCUT2D eigenvalue weighted by molar-refractivity contribution is 0.461. The van der Waals surface area contributed by atoms with E-state index in [-0.39, 0.29) is 5.82 Å². The van der Waals surface area contributed by atoms with E-state index in [2.05, 4.69) is 20.6 Å². The number of guanidine groups is 1. The standard InChI is InChI=1S/C20H21FN4O2/c1-2-22-20(25-14-18-4-3-11-26-18)24-13-15-5-10-19(23-12-15)27-17-8-6-16(21)7-9-17/h3-12H,2,13-14H2,1H3,(H2,22,24,25). The van der Waals surface area contributed by atoms with E-state index >= 15 is 0 Å². The van der Waals surface area contributed by atoms with Crippen molar-refractivity contribution in [2.24, 2.45) is 4.99 Å². The summed E-state index contributed by atoms with van der Waals surface area (Å²) in [5.74, 6) is 2.20. The molecule has 7 heteroatoms. The van der Waals surface area contributed by atoms with Crippen LogP contribution in [0.4, 0.5) is 4.39 Å². The number of ether oxygens (including phenoxy) is 1. The van der Waals surface area contributed by atoms with Crippen molar-refractivity contribution in [3.63, 3.8) is 0 Å². The lowest BCUT2D eigenvalue weighted by Crippen LogP contribution is -2.36. The van der Waals surface area contributed by atoms with Crippen LogP contribution in [0.25, 0.3) is 0 Å². The highest BCUT2D eigenvalue weighted by atomic mass is 19.1. The molecule has 0 aliphatic heterocycles. The van der Waals surface area contributed by atoms with Crippen molar-refractivity contribution in [1.29, 1.82) is 0 Å². The van der Waals surface area contributed by atoms with Gasteiger partial charge in [0, 0.05) is 18.8 Å². The number of aliphatic imine (C=N–C) groups is 1. The van der Waals surface area contributed by atoms with Crippen LogP contribution in [0.2, 0.25) is 0 Å². The van der Waals surface area contributed by atoms with Gasteiger partial charge in [-0.2, -0.15) is 0 Å². The summed E-state index contributed by atoms with van der Waals surface area (Å²) in [5, 5.41) is 6.40. The number of nitrogens with zero attached hydrogens (tertiary/aromatic N) is 2. The highest BCUT2D eigenvalue weighted by Gasteiger charge is 2.02. The molecular formula is C20H21FN4O2. The molecule has 0 saturated heterocycles. The molecule has 0 saturated carbocycles. The number of nitrogens with one attached hydrogen (secondary N) is 2. The number of pyridine rings is 1. The van der Waals surface area contributed by atoms with E-state index in [4.69, 9.17) is 9.15 Å². The van der Waals surface area contributed by atoms with Crippen molar-refractivity contribution in [3.8, 4) is 11.6 Å². The molecule has 140 valence electrons. The molecule has 0 atom stereocenters. The molecule has 2 N–H and O–H groups in total. The van der Waals surface area contributed by atoms with Crippen molar-refractivity contribution in [2.75, 3.05) is 6.54 Å². The summed E-state index contributed by atoms with van der Waals surface area (Å²) in [7, 11) is 0. The highest BCUT2D eigenvalue weighted by molar-refractivity contribution is 5.79. The molecule has 3 aromatic rings. The Morgan fingerprint density at radius 2 is 2.00 bits per heavy atom. The van der Waals surface area contributed by atoms with Gasteiger partial charge in [0.1, 0.15) is 17.3 Å². The van der Waals surface area contributed by atoms with Crippen LogP contribution in [0.3, 0.4) is 0 Å². The third kappa shape index (κ3) is 5.85. The summed E-state index contributed by atoms with van der Waals surface area (Å²) < 4.78 is 23.8. The van der Waals surface area contributed by atoms with Gasteiger partial charge in [-0.05, 0) is 48.9 Å². The molecular weight excluding hydrogens is 347 g/mol. The van der Waals surface area contributed by atoms with Crippen LogP contribution in [0.5, 0.6) is 11.6 Å². The Bertz CT molecular complexity index is 847. The molecule has 0 aliphatic rings. The molecule has 0 radical (unpaired) electrons. The van der Waals surface area contributed by atoms with Gasteiger partial charge in [-0.1, -0.05) is 6.07 Å². The fraction of sp³-hybridized carbons (Fsp3) is 0.200. The quantitative estimate of drug-likeness (QED) is 0.489. The minimum absolute atomic E-state index is 0.305. The number of halogens is 1. The maximum Gasteiger partial charge on any atom is 0.219 e. The van der Waals surface area contributed by atoms with Gasteiger partial charge in [0.05, 0.1) is 19.4 Å². The molecule has 3 rings (SSSR count). The predicted octanol–water partition coefficient (Wildman–Crippen LogP) is 3.86. The van der Waals surface area contributed by atoms with Gasteiger partial charge in [0.2, 0.25) is 5.88 Å². The molecule has 2 aromatic heterocycles. The first-order valence-electron chi connectivity index (χ1n) is 8.66. The zero-order chi connectivity index (χ0) is 18.9. The van der Waals surface area contributed by atoms with Gasteiger partial charge in [-0.15, -0.1) is 0 Å². The molecule has 0 fully saturated rings. The van der Waals surface area contributed by atoms with E-state index in [0.717, 1.165) is 17.9 Å². The van der Waals surface area contributed by atoms with Crippen LogP contribution in [0.1, 0.15) is 18.2 Å². The Morgan fingerprint density at radius 3 is 2.67 bits per heavy atom. The van der Waals surface area contributed by atoms with Crippen LogP contribution < -0.4 is 15.4 Å². The van der Waals surface area contributed by atoms with Gasteiger partial charge in [0.15, 0.2) is 5.96 Å². The Kier molecular flexibility index (Phi) is 6.40. The van der Waals surface area contributed by atoms with Gasteiger partial charge < -0.3 is 19.8 Å². The zero-order valence-corrected chi connectivity index (χ0v) is 15.0. The normalized spacial score (nSPS) is 11.3. The average molecular weight is 368 g/mol. The van der Waals surface area contributed by atoms with E-state index in [1.165, 1.54) is 12.1 Å². The van der Waals surface area contributed by atoms with E-state index in [1.54, 1.807) is 30.7 Å². The van der Waals surface area contributed by atoms with Crippen LogP contribution in [0, 0.1) is 5.82 Å². The predicted molar refractivity (Wildman–Crippen MR) is 101 cm³/mol. The molecule has 1 aromatic carbocycles. The second kappa shape index (κ2) is 9.38. The molecule has 0 amide bonds. The van der Waals surface area contributed by atoms with E-state index in [1.807, 2.05) is 25.1 Å².